The number of aliphatic hydroxyl groups excluding tert-OH is 1. The highest BCUT2D eigenvalue weighted by Gasteiger charge is 2.27. The van der Waals surface area contributed by atoms with Gasteiger partial charge in [0.25, 0.3) is 11.8 Å². The minimum atomic E-state index is -0.365. The molecule has 0 radical (unpaired) electrons. The minimum Gasteiger partial charge on any atom is -0.395 e. The van der Waals surface area contributed by atoms with Crippen LogP contribution in [0.25, 0.3) is 0 Å². The van der Waals surface area contributed by atoms with Gasteiger partial charge in [-0.3, -0.25) is 9.59 Å². The van der Waals surface area contributed by atoms with E-state index in [-0.39, 0.29) is 31.6 Å². The summed E-state index contributed by atoms with van der Waals surface area (Å²) in [5.41, 5.74) is 1.29. The Bertz CT molecular complexity index is 523. The number of anilines is 1. The molecule has 0 spiro atoms. The van der Waals surface area contributed by atoms with Gasteiger partial charge in [0.15, 0.2) is 0 Å². The largest absolute Gasteiger partial charge is 0.395 e. The van der Waals surface area contributed by atoms with Crippen LogP contribution in [0.3, 0.4) is 0 Å². The lowest BCUT2D eigenvalue weighted by Crippen LogP contribution is -2.46. The van der Waals surface area contributed by atoms with E-state index in [9.17, 15) is 9.59 Å². The number of amides is 2. The molecule has 1 heterocycles. The van der Waals surface area contributed by atoms with Gasteiger partial charge in [0, 0.05) is 12.0 Å². The average Bonchev–Trinajstić information content (AvgIpc) is 2.40. The van der Waals surface area contributed by atoms with Crippen molar-refractivity contribution in [2.45, 2.75) is 6.42 Å². The monoisotopic (exact) mass is 259 g/mol. The molecule has 0 aliphatic carbocycles. The summed E-state index contributed by atoms with van der Waals surface area (Å²) in [6.45, 7) is -0.130. The fraction of sp³-hybridized carbons (Fsp3) is 0.286. The molecule has 0 bridgehead atoms. The highest BCUT2D eigenvalue weighted by Crippen LogP contribution is 2.17. The molecule has 0 saturated carbocycles. The van der Waals surface area contributed by atoms with Crippen LogP contribution in [0.5, 0.6) is 0 Å². The molecule has 1 aliphatic heterocycles. The molecule has 0 aromatic heterocycles. The van der Waals surface area contributed by atoms with Gasteiger partial charge in [0.1, 0.15) is 13.2 Å². The van der Waals surface area contributed by atoms with E-state index in [2.05, 4.69) is 11.8 Å². The molecule has 19 heavy (non-hydrogen) atoms. The molecular weight excluding hydrogens is 246 g/mol. The van der Waals surface area contributed by atoms with Gasteiger partial charge in [0.2, 0.25) is 0 Å². The zero-order valence-electron chi connectivity index (χ0n) is 10.3. The molecule has 98 valence electrons. The summed E-state index contributed by atoms with van der Waals surface area (Å²) in [4.78, 5) is 24.4. The summed E-state index contributed by atoms with van der Waals surface area (Å²) in [6.07, 6.45) is 0.419. The van der Waals surface area contributed by atoms with Crippen LogP contribution in [0.4, 0.5) is 5.69 Å². The predicted molar refractivity (Wildman–Crippen MR) is 68.3 cm³/mol. The van der Waals surface area contributed by atoms with Gasteiger partial charge in [-0.15, -0.1) is 0 Å². The maximum absolute atomic E-state index is 11.6. The molecule has 5 heteroatoms. The van der Waals surface area contributed by atoms with Crippen LogP contribution >= 0.6 is 0 Å². The summed E-state index contributed by atoms with van der Waals surface area (Å²) >= 11 is 0. The fourth-order valence-electron chi connectivity index (χ4n) is 1.70. The second-order valence-electron chi connectivity index (χ2n) is 3.94. The maximum atomic E-state index is 11.6. The van der Waals surface area contributed by atoms with E-state index in [4.69, 9.17) is 9.84 Å². The van der Waals surface area contributed by atoms with Crippen LogP contribution in [0.1, 0.15) is 12.0 Å². The first-order valence-electron chi connectivity index (χ1n) is 5.85. The van der Waals surface area contributed by atoms with Crippen molar-refractivity contribution >= 4 is 17.5 Å². The second kappa shape index (κ2) is 6.14. The van der Waals surface area contributed by atoms with Crippen molar-refractivity contribution in [3.8, 4) is 11.8 Å². The molecule has 1 N–H and O–H groups in total. The van der Waals surface area contributed by atoms with Gasteiger partial charge in [0.05, 0.1) is 12.3 Å². The Morgan fingerprint density at radius 1 is 1.16 bits per heavy atom. The third-order valence-electron chi connectivity index (χ3n) is 2.54. The Hall–Kier alpha value is -2.16. The molecular formula is C14H13NO4. The minimum absolute atomic E-state index is 0.0296. The van der Waals surface area contributed by atoms with Crippen LogP contribution < -0.4 is 4.90 Å². The lowest BCUT2D eigenvalue weighted by Gasteiger charge is -2.24. The predicted octanol–water partition coefficient (Wildman–Crippen LogP) is 0.310. The first kappa shape index (κ1) is 13.3. The lowest BCUT2D eigenvalue weighted by molar-refractivity contribution is -0.138. The standard InChI is InChI=1S/C14H13NO4/c16-8-2-1-3-11-4-6-12(7-5-11)15-13(17)9-19-10-14(15)18/h4-7,16H,2,8-10H2. The smallest absolute Gasteiger partial charge is 0.259 e. The molecule has 2 rings (SSSR count). The van der Waals surface area contributed by atoms with Gasteiger partial charge < -0.3 is 9.84 Å². The third kappa shape index (κ3) is 3.19. The first-order chi connectivity index (χ1) is 9.22. The van der Waals surface area contributed by atoms with Crippen molar-refractivity contribution in [1.82, 2.24) is 0 Å². The molecule has 5 nitrogen and oxygen atoms in total. The number of carbonyl (C=O) groups is 2. The van der Waals surface area contributed by atoms with Gasteiger partial charge >= 0.3 is 0 Å². The molecule has 2 amide bonds. The Balaban J connectivity index is 2.16. The molecule has 1 aromatic carbocycles. The summed E-state index contributed by atoms with van der Waals surface area (Å²) in [7, 11) is 0. The zero-order valence-corrected chi connectivity index (χ0v) is 10.3. The molecule has 1 saturated heterocycles. The van der Waals surface area contributed by atoms with E-state index in [1.807, 2.05) is 0 Å². The van der Waals surface area contributed by atoms with Crippen LogP contribution in [0, 0.1) is 11.8 Å². The number of hydrogen-bond donors (Lipinski definition) is 1. The molecule has 0 atom stereocenters. The van der Waals surface area contributed by atoms with E-state index in [0.29, 0.717) is 12.1 Å². The quantitative estimate of drug-likeness (QED) is 0.613. The number of carbonyl (C=O) groups excluding carboxylic acids is 2. The Morgan fingerprint density at radius 3 is 2.37 bits per heavy atom. The normalized spacial score (nSPS) is 15.1. The van der Waals surface area contributed by atoms with Crippen molar-refractivity contribution in [3.63, 3.8) is 0 Å². The van der Waals surface area contributed by atoms with Gasteiger partial charge in [-0.1, -0.05) is 11.8 Å². The summed E-state index contributed by atoms with van der Waals surface area (Å²) in [6, 6.07) is 6.81. The third-order valence-corrected chi connectivity index (χ3v) is 2.54. The van der Waals surface area contributed by atoms with Gasteiger partial charge in [-0.2, -0.15) is 0 Å². The Labute approximate surface area is 110 Å². The Morgan fingerprint density at radius 2 is 1.79 bits per heavy atom. The summed E-state index contributed by atoms with van der Waals surface area (Å²) in [5.74, 6) is 4.94. The van der Waals surface area contributed by atoms with E-state index in [0.717, 1.165) is 10.5 Å². The van der Waals surface area contributed by atoms with Crippen molar-refractivity contribution in [2.24, 2.45) is 0 Å². The Kier molecular flexibility index (Phi) is 4.29. The van der Waals surface area contributed by atoms with Crippen molar-refractivity contribution in [1.29, 1.82) is 0 Å². The van der Waals surface area contributed by atoms with E-state index >= 15 is 0 Å². The lowest BCUT2D eigenvalue weighted by atomic mass is 10.2. The highest BCUT2D eigenvalue weighted by molar-refractivity contribution is 6.16. The van der Waals surface area contributed by atoms with Crippen molar-refractivity contribution < 1.29 is 19.4 Å². The first-order valence-corrected chi connectivity index (χ1v) is 5.85. The van der Waals surface area contributed by atoms with Crippen molar-refractivity contribution in [2.75, 3.05) is 24.7 Å². The highest BCUT2D eigenvalue weighted by atomic mass is 16.5. The number of imide groups is 1. The van der Waals surface area contributed by atoms with Gasteiger partial charge in [-0.05, 0) is 24.3 Å². The molecule has 1 fully saturated rings. The van der Waals surface area contributed by atoms with E-state index in [1.54, 1.807) is 24.3 Å². The van der Waals surface area contributed by atoms with E-state index in [1.165, 1.54) is 0 Å². The molecule has 1 aromatic rings. The average molecular weight is 259 g/mol. The SMILES string of the molecule is O=C1COCC(=O)N1c1ccc(C#CCCO)cc1. The zero-order chi connectivity index (χ0) is 13.7. The number of benzene rings is 1. The van der Waals surface area contributed by atoms with Crippen LogP contribution in [0.15, 0.2) is 24.3 Å². The number of aliphatic hydroxyl groups is 1. The number of ether oxygens (including phenoxy) is 1. The summed E-state index contributed by atoms with van der Waals surface area (Å²) < 4.78 is 4.85. The second-order valence-corrected chi connectivity index (χ2v) is 3.94. The van der Waals surface area contributed by atoms with E-state index < -0.39 is 0 Å². The number of hydrogen-bond acceptors (Lipinski definition) is 4. The topological polar surface area (TPSA) is 66.8 Å². The number of morpholine rings is 1. The number of nitrogens with zero attached hydrogens (tertiary/aromatic N) is 1. The van der Waals surface area contributed by atoms with Crippen LogP contribution in [-0.2, 0) is 14.3 Å². The fourth-order valence-corrected chi connectivity index (χ4v) is 1.70. The van der Waals surface area contributed by atoms with Crippen molar-refractivity contribution in [3.05, 3.63) is 29.8 Å². The summed E-state index contributed by atoms with van der Waals surface area (Å²) in [5, 5.41) is 8.62. The number of rotatable bonds is 2. The van der Waals surface area contributed by atoms with Crippen LogP contribution in [0.2, 0.25) is 0 Å². The van der Waals surface area contributed by atoms with Gasteiger partial charge in [-0.25, -0.2) is 4.90 Å². The van der Waals surface area contributed by atoms with Crippen LogP contribution in [-0.4, -0.2) is 36.7 Å². The maximum Gasteiger partial charge on any atom is 0.259 e. The molecule has 0 unspecified atom stereocenters. The molecule has 1 aliphatic rings.